The summed E-state index contributed by atoms with van der Waals surface area (Å²) in [5.74, 6) is 0.817. The molecular formula is C19H18N4O3. The number of anilines is 2. The fourth-order valence-electron chi connectivity index (χ4n) is 2.25. The van der Waals surface area contributed by atoms with Crippen molar-refractivity contribution < 1.29 is 14.6 Å². The Morgan fingerprint density at radius 3 is 2.69 bits per heavy atom. The van der Waals surface area contributed by atoms with Gasteiger partial charge in [-0.2, -0.15) is 4.89 Å². The Bertz CT molecular complexity index is 897. The van der Waals surface area contributed by atoms with Crippen molar-refractivity contribution in [3.63, 3.8) is 0 Å². The van der Waals surface area contributed by atoms with Crippen LogP contribution in [0.25, 0.3) is 11.1 Å². The number of hydrogen-bond donors (Lipinski definition) is 1. The van der Waals surface area contributed by atoms with E-state index in [1.807, 2.05) is 37.3 Å². The van der Waals surface area contributed by atoms with Crippen molar-refractivity contribution in [3.8, 4) is 11.1 Å². The molecule has 0 fully saturated rings. The van der Waals surface area contributed by atoms with Gasteiger partial charge in [-0.05, 0) is 44.2 Å². The zero-order chi connectivity index (χ0) is 18.4. The van der Waals surface area contributed by atoms with Crippen LogP contribution in [-0.4, -0.2) is 27.5 Å². The van der Waals surface area contributed by atoms with E-state index < -0.39 is 5.97 Å². The summed E-state index contributed by atoms with van der Waals surface area (Å²) in [5, 5.41) is 3.15. The Morgan fingerprint density at radius 1 is 1.08 bits per heavy atom. The number of aryl methyl sites for hydroxylation is 1. The molecule has 1 N–H and O–H groups in total. The number of rotatable bonds is 6. The number of nitrogens with one attached hydrogen (secondary N) is 1. The Kier molecular flexibility index (Phi) is 5.50. The minimum absolute atomic E-state index is 0.285. The van der Waals surface area contributed by atoms with Gasteiger partial charge in [-0.25, -0.2) is 14.8 Å². The van der Waals surface area contributed by atoms with Gasteiger partial charge in [0.05, 0.1) is 12.2 Å². The SMILES string of the molecule is CCOOC(=O)c1cncc(-c2ccc(Nc3cccc(C)n3)nc2)c1. The van der Waals surface area contributed by atoms with E-state index in [2.05, 4.69) is 30.0 Å². The summed E-state index contributed by atoms with van der Waals surface area (Å²) in [7, 11) is 0. The number of aromatic nitrogens is 3. The van der Waals surface area contributed by atoms with Gasteiger partial charge in [-0.15, -0.1) is 0 Å². The number of pyridine rings is 3. The normalized spacial score (nSPS) is 10.4. The molecule has 3 aromatic rings. The quantitative estimate of drug-likeness (QED) is 0.536. The predicted octanol–water partition coefficient (Wildman–Crippen LogP) is 3.70. The lowest BCUT2D eigenvalue weighted by Crippen LogP contribution is -2.06. The molecule has 0 aliphatic rings. The molecule has 0 spiro atoms. The second kappa shape index (κ2) is 8.17. The summed E-state index contributed by atoms with van der Waals surface area (Å²) >= 11 is 0. The molecule has 3 aromatic heterocycles. The third kappa shape index (κ3) is 4.40. The second-order valence-corrected chi connectivity index (χ2v) is 5.46. The molecule has 0 unspecified atom stereocenters. The predicted molar refractivity (Wildman–Crippen MR) is 96.8 cm³/mol. The number of nitrogens with zero attached hydrogens (tertiary/aromatic N) is 3. The van der Waals surface area contributed by atoms with Crippen molar-refractivity contribution in [2.24, 2.45) is 0 Å². The zero-order valence-corrected chi connectivity index (χ0v) is 14.5. The van der Waals surface area contributed by atoms with Gasteiger partial charge in [-0.3, -0.25) is 9.87 Å². The van der Waals surface area contributed by atoms with Crippen LogP contribution in [0.15, 0.2) is 55.0 Å². The average molecular weight is 350 g/mol. The van der Waals surface area contributed by atoms with Crippen molar-refractivity contribution in [1.29, 1.82) is 0 Å². The van der Waals surface area contributed by atoms with E-state index in [9.17, 15) is 4.79 Å². The maximum absolute atomic E-state index is 11.9. The van der Waals surface area contributed by atoms with Crippen molar-refractivity contribution in [2.45, 2.75) is 13.8 Å². The van der Waals surface area contributed by atoms with Crippen molar-refractivity contribution in [3.05, 3.63) is 66.2 Å². The molecule has 0 bridgehead atoms. The molecule has 0 saturated heterocycles. The highest BCUT2D eigenvalue weighted by Crippen LogP contribution is 2.21. The molecule has 0 aliphatic carbocycles. The number of carbonyl (C=O) groups is 1. The van der Waals surface area contributed by atoms with Crippen LogP contribution < -0.4 is 5.32 Å². The van der Waals surface area contributed by atoms with Crippen molar-refractivity contribution in [2.75, 3.05) is 11.9 Å². The van der Waals surface area contributed by atoms with Gasteiger partial charge in [0, 0.05) is 35.4 Å². The van der Waals surface area contributed by atoms with Gasteiger partial charge < -0.3 is 5.32 Å². The highest BCUT2D eigenvalue weighted by Gasteiger charge is 2.10. The standard InChI is InChI=1S/C19H18N4O3/c1-3-25-26-19(24)16-9-15(10-20-11-16)14-7-8-17(21-12-14)23-18-6-4-5-13(2)22-18/h4-12H,3H2,1-2H3,(H,21,22,23). The van der Waals surface area contributed by atoms with Gasteiger partial charge in [0.15, 0.2) is 0 Å². The van der Waals surface area contributed by atoms with Gasteiger partial charge in [-0.1, -0.05) is 6.07 Å². The Morgan fingerprint density at radius 2 is 1.96 bits per heavy atom. The lowest BCUT2D eigenvalue weighted by molar-refractivity contribution is -0.236. The van der Waals surface area contributed by atoms with E-state index in [1.54, 1.807) is 25.4 Å². The smallest absolute Gasteiger partial charge is 0.325 e. The van der Waals surface area contributed by atoms with Crippen LogP contribution in [0.1, 0.15) is 23.0 Å². The second-order valence-electron chi connectivity index (χ2n) is 5.46. The maximum Gasteiger partial charge on any atom is 0.374 e. The van der Waals surface area contributed by atoms with Gasteiger partial charge in [0.1, 0.15) is 11.6 Å². The zero-order valence-electron chi connectivity index (χ0n) is 14.5. The molecule has 0 aliphatic heterocycles. The molecule has 0 saturated carbocycles. The minimum atomic E-state index is -0.585. The summed E-state index contributed by atoms with van der Waals surface area (Å²) in [6.45, 7) is 3.95. The summed E-state index contributed by atoms with van der Waals surface area (Å²) in [4.78, 5) is 34.0. The molecule has 7 nitrogen and oxygen atoms in total. The molecule has 3 heterocycles. The Hall–Kier alpha value is -3.32. The van der Waals surface area contributed by atoms with Crippen LogP contribution in [0.2, 0.25) is 0 Å². The summed E-state index contributed by atoms with van der Waals surface area (Å²) in [5.41, 5.74) is 2.81. The fraction of sp³-hybridized carbons (Fsp3) is 0.158. The first-order valence-electron chi connectivity index (χ1n) is 8.11. The fourth-order valence-corrected chi connectivity index (χ4v) is 2.25. The Labute approximate surface area is 151 Å². The minimum Gasteiger partial charge on any atom is -0.325 e. The lowest BCUT2D eigenvalue weighted by atomic mass is 10.1. The van der Waals surface area contributed by atoms with E-state index in [-0.39, 0.29) is 6.61 Å². The molecule has 7 heteroatoms. The molecule has 26 heavy (non-hydrogen) atoms. The third-order valence-corrected chi connectivity index (χ3v) is 3.47. The molecule has 0 atom stereocenters. The van der Waals surface area contributed by atoms with E-state index in [0.29, 0.717) is 11.4 Å². The van der Waals surface area contributed by atoms with Crippen LogP contribution in [0.5, 0.6) is 0 Å². The third-order valence-electron chi connectivity index (χ3n) is 3.47. The van der Waals surface area contributed by atoms with Gasteiger partial charge in [0.2, 0.25) is 0 Å². The molecule has 132 valence electrons. The number of carbonyl (C=O) groups excluding carboxylic acids is 1. The number of hydrogen-bond acceptors (Lipinski definition) is 7. The first-order valence-corrected chi connectivity index (χ1v) is 8.11. The van der Waals surface area contributed by atoms with E-state index in [4.69, 9.17) is 0 Å². The average Bonchev–Trinajstić information content (AvgIpc) is 2.67. The molecule has 3 rings (SSSR count). The molecule has 0 radical (unpaired) electrons. The van der Waals surface area contributed by atoms with E-state index in [1.165, 1.54) is 6.20 Å². The van der Waals surface area contributed by atoms with Crippen LogP contribution in [0.3, 0.4) is 0 Å². The summed E-state index contributed by atoms with van der Waals surface area (Å²) < 4.78 is 0. The monoisotopic (exact) mass is 350 g/mol. The lowest BCUT2D eigenvalue weighted by Gasteiger charge is -2.07. The first-order chi connectivity index (χ1) is 12.7. The maximum atomic E-state index is 11.9. The summed E-state index contributed by atoms with van der Waals surface area (Å²) in [6.07, 6.45) is 4.79. The van der Waals surface area contributed by atoms with Crippen molar-refractivity contribution in [1.82, 2.24) is 15.0 Å². The largest absolute Gasteiger partial charge is 0.374 e. The van der Waals surface area contributed by atoms with Crippen molar-refractivity contribution >= 4 is 17.6 Å². The summed E-state index contributed by atoms with van der Waals surface area (Å²) in [6, 6.07) is 11.1. The molecule has 0 aromatic carbocycles. The van der Waals surface area contributed by atoms with E-state index >= 15 is 0 Å². The van der Waals surface area contributed by atoms with E-state index in [0.717, 1.165) is 22.6 Å². The highest BCUT2D eigenvalue weighted by atomic mass is 17.2. The van der Waals surface area contributed by atoms with Gasteiger partial charge in [0.25, 0.3) is 0 Å². The Balaban J connectivity index is 1.75. The highest BCUT2D eigenvalue weighted by molar-refractivity contribution is 5.90. The van der Waals surface area contributed by atoms with Gasteiger partial charge >= 0.3 is 5.97 Å². The molecule has 0 amide bonds. The van der Waals surface area contributed by atoms with Crippen LogP contribution >= 0.6 is 0 Å². The first kappa shape index (κ1) is 17.5. The molecular weight excluding hydrogens is 332 g/mol. The van der Waals surface area contributed by atoms with Crippen LogP contribution in [-0.2, 0) is 9.78 Å². The van der Waals surface area contributed by atoms with Crippen LogP contribution in [0, 0.1) is 6.92 Å². The topological polar surface area (TPSA) is 86.2 Å². The van der Waals surface area contributed by atoms with Crippen LogP contribution in [0.4, 0.5) is 11.6 Å².